The standard InChI is InChI=1S/C11H18ClN3O/c12-9-7-10(13)11(15-8-9)14-5-3-1-2-4-6-16/h7-8,16H,1-6,13H2,(H,14,15). The predicted octanol–water partition coefficient (Wildman–Crippen LogP) is 2.28. The minimum atomic E-state index is 0.277. The molecule has 0 unspecified atom stereocenters. The van der Waals surface area contributed by atoms with Crippen molar-refractivity contribution in [3.8, 4) is 0 Å². The van der Waals surface area contributed by atoms with E-state index < -0.39 is 0 Å². The first-order valence-electron chi connectivity index (χ1n) is 5.50. The molecule has 1 aromatic rings. The van der Waals surface area contributed by atoms with Crippen LogP contribution < -0.4 is 11.1 Å². The van der Waals surface area contributed by atoms with Gasteiger partial charge < -0.3 is 16.2 Å². The van der Waals surface area contributed by atoms with Crippen LogP contribution in [0, 0.1) is 0 Å². The number of rotatable bonds is 7. The van der Waals surface area contributed by atoms with Crippen molar-refractivity contribution in [3.63, 3.8) is 0 Å². The number of anilines is 2. The summed E-state index contributed by atoms with van der Waals surface area (Å²) < 4.78 is 0. The Morgan fingerprint density at radius 1 is 1.31 bits per heavy atom. The van der Waals surface area contributed by atoms with Crippen molar-refractivity contribution in [2.24, 2.45) is 0 Å². The Morgan fingerprint density at radius 2 is 2.06 bits per heavy atom. The van der Waals surface area contributed by atoms with Gasteiger partial charge in [0.25, 0.3) is 0 Å². The number of halogens is 1. The third-order valence-electron chi connectivity index (χ3n) is 2.26. The van der Waals surface area contributed by atoms with Crippen molar-refractivity contribution in [1.82, 2.24) is 4.98 Å². The summed E-state index contributed by atoms with van der Waals surface area (Å²) in [4.78, 5) is 4.10. The Hall–Kier alpha value is -1.00. The summed E-state index contributed by atoms with van der Waals surface area (Å²) in [5.41, 5.74) is 6.31. The fourth-order valence-electron chi connectivity index (χ4n) is 1.40. The Bertz CT molecular complexity index is 320. The largest absolute Gasteiger partial charge is 0.396 e. The smallest absolute Gasteiger partial charge is 0.149 e. The van der Waals surface area contributed by atoms with Crippen LogP contribution in [-0.2, 0) is 0 Å². The lowest BCUT2D eigenvalue weighted by Crippen LogP contribution is -2.06. The van der Waals surface area contributed by atoms with Crippen molar-refractivity contribution >= 4 is 23.1 Å². The molecule has 0 fully saturated rings. The summed E-state index contributed by atoms with van der Waals surface area (Å²) in [6.45, 7) is 1.11. The highest BCUT2D eigenvalue weighted by molar-refractivity contribution is 6.30. The number of nitrogens with one attached hydrogen (secondary N) is 1. The second-order valence-corrected chi connectivity index (χ2v) is 4.09. The van der Waals surface area contributed by atoms with E-state index in [1.807, 2.05) is 0 Å². The maximum Gasteiger partial charge on any atom is 0.149 e. The SMILES string of the molecule is Nc1cc(Cl)cnc1NCCCCCCO. The molecule has 0 spiro atoms. The van der Waals surface area contributed by atoms with Crippen LogP contribution in [-0.4, -0.2) is 23.2 Å². The van der Waals surface area contributed by atoms with Crippen LogP contribution in [0.2, 0.25) is 5.02 Å². The highest BCUT2D eigenvalue weighted by Crippen LogP contribution is 2.19. The summed E-state index contributed by atoms with van der Waals surface area (Å²) >= 11 is 5.74. The molecule has 1 aromatic heterocycles. The molecule has 0 amide bonds. The van der Waals surface area contributed by atoms with Crippen LogP contribution in [0.3, 0.4) is 0 Å². The van der Waals surface area contributed by atoms with Crippen LogP contribution in [0.4, 0.5) is 11.5 Å². The van der Waals surface area contributed by atoms with Gasteiger partial charge in [-0.2, -0.15) is 0 Å². The average molecular weight is 244 g/mol. The lowest BCUT2D eigenvalue weighted by molar-refractivity contribution is 0.283. The molecular weight excluding hydrogens is 226 g/mol. The van der Waals surface area contributed by atoms with Crippen LogP contribution in [0.1, 0.15) is 25.7 Å². The van der Waals surface area contributed by atoms with E-state index in [0.29, 0.717) is 16.5 Å². The van der Waals surface area contributed by atoms with Gasteiger partial charge in [0.15, 0.2) is 0 Å². The summed E-state index contributed by atoms with van der Waals surface area (Å²) in [6, 6.07) is 1.68. The second-order valence-electron chi connectivity index (χ2n) is 3.66. The molecule has 0 atom stereocenters. The number of pyridine rings is 1. The number of nitrogens with zero attached hydrogens (tertiary/aromatic N) is 1. The van der Waals surface area contributed by atoms with E-state index in [1.54, 1.807) is 12.3 Å². The Kier molecular flexibility index (Phi) is 5.96. The van der Waals surface area contributed by atoms with Crippen LogP contribution in [0.5, 0.6) is 0 Å². The zero-order chi connectivity index (χ0) is 11.8. The topological polar surface area (TPSA) is 71.2 Å². The number of nitrogen functional groups attached to an aromatic ring is 1. The van der Waals surface area contributed by atoms with E-state index in [1.165, 1.54) is 0 Å². The van der Waals surface area contributed by atoms with E-state index in [0.717, 1.165) is 32.2 Å². The normalized spacial score (nSPS) is 10.4. The number of aromatic nitrogens is 1. The number of hydrogen-bond donors (Lipinski definition) is 3. The Morgan fingerprint density at radius 3 is 2.75 bits per heavy atom. The second kappa shape index (κ2) is 7.30. The van der Waals surface area contributed by atoms with E-state index in [2.05, 4.69) is 10.3 Å². The molecule has 0 aliphatic carbocycles. The van der Waals surface area contributed by atoms with Crippen LogP contribution >= 0.6 is 11.6 Å². The van der Waals surface area contributed by atoms with Gasteiger partial charge in [-0.1, -0.05) is 24.4 Å². The maximum absolute atomic E-state index is 8.61. The molecule has 4 nitrogen and oxygen atoms in total. The van der Waals surface area contributed by atoms with Gasteiger partial charge in [-0.05, 0) is 18.9 Å². The first-order valence-corrected chi connectivity index (χ1v) is 5.87. The van der Waals surface area contributed by atoms with Gasteiger partial charge >= 0.3 is 0 Å². The molecule has 0 radical (unpaired) electrons. The third-order valence-corrected chi connectivity index (χ3v) is 2.47. The van der Waals surface area contributed by atoms with E-state index in [4.69, 9.17) is 22.4 Å². The molecule has 0 saturated carbocycles. The minimum absolute atomic E-state index is 0.277. The number of unbranched alkanes of at least 4 members (excludes halogenated alkanes) is 3. The molecule has 16 heavy (non-hydrogen) atoms. The van der Waals surface area contributed by atoms with Crippen molar-refractivity contribution in [2.45, 2.75) is 25.7 Å². The molecular formula is C11H18ClN3O. The van der Waals surface area contributed by atoms with E-state index in [-0.39, 0.29) is 6.61 Å². The fraction of sp³-hybridized carbons (Fsp3) is 0.545. The fourth-order valence-corrected chi connectivity index (χ4v) is 1.57. The maximum atomic E-state index is 8.61. The minimum Gasteiger partial charge on any atom is -0.396 e. The lowest BCUT2D eigenvalue weighted by atomic mass is 10.2. The molecule has 0 saturated heterocycles. The molecule has 5 heteroatoms. The third kappa shape index (κ3) is 4.68. The van der Waals surface area contributed by atoms with Gasteiger partial charge in [-0.25, -0.2) is 4.98 Å². The first-order chi connectivity index (χ1) is 7.74. The van der Waals surface area contributed by atoms with Gasteiger partial charge in [0, 0.05) is 19.3 Å². The van der Waals surface area contributed by atoms with Crippen LogP contribution in [0.25, 0.3) is 0 Å². The molecule has 1 heterocycles. The van der Waals surface area contributed by atoms with Gasteiger partial charge in [0.2, 0.25) is 0 Å². The zero-order valence-electron chi connectivity index (χ0n) is 9.25. The Balaban J connectivity index is 2.21. The lowest BCUT2D eigenvalue weighted by Gasteiger charge is -2.07. The van der Waals surface area contributed by atoms with Crippen LogP contribution in [0.15, 0.2) is 12.3 Å². The molecule has 90 valence electrons. The quantitative estimate of drug-likeness (QED) is 0.643. The number of aliphatic hydroxyl groups is 1. The van der Waals surface area contributed by atoms with Gasteiger partial charge in [-0.3, -0.25) is 0 Å². The molecule has 0 aliphatic heterocycles. The molecule has 1 rings (SSSR count). The van der Waals surface area contributed by atoms with Crippen molar-refractivity contribution in [2.75, 3.05) is 24.2 Å². The monoisotopic (exact) mass is 243 g/mol. The van der Waals surface area contributed by atoms with Crippen molar-refractivity contribution < 1.29 is 5.11 Å². The number of aliphatic hydroxyl groups excluding tert-OH is 1. The summed E-state index contributed by atoms with van der Waals surface area (Å²) in [5.74, 6) is 0.687. The van der Waals surface area contributed by atoms with E-state index in [9.17, 15) is 0 Å². The van der Waals surface area contributed by atoms with Gasteiger partial charge in [0.1, 0.15) is 5.82 Å². The molecule has 0 aliphatic rings. The van der Waals surface area contributed by atoms with Crippen molar-refractivity contribution in [3.05, 3.63) is 17.3 Å². The summed E-state index contributed by atoms with van der Waals surface area (Å²) in [6.07, 6.45) is 5.65. The number of nitrogens with two attached hydrogens (primary N) is 1. The molecule has 4 N–H and O–H groups in total. The molecule has 0 aromatic carbocycles. The van der Waals surface area contributed by atoms with Crippen molar-refractivity contribution in [1.29, 1.82) is 0 Å². The molecule has 0 bridgehead atoms. The Labute approximate surface area is 101 Å². The summed E-state index contributed by atoms with van der Waals surface area (Å²) in [7, 11) is 0. The first kappa shape index (κ1) is 13.1. The highest BCUT2D eigenvalue weighted by atomic mass is 35.5. The predicted molar refractivity (Wildman–Crippen MR) is 67.7 cm³/mol. The van der Waals surface area contributed by atoms with E-state index >= 15 is 0 Å². The highest BCUT2D eigenvalue weighted by Gasteiger charge is 2.00. The number of hydrogen-bond acceptors (Lipinski definition) is 4. The summed E-state index contributed by atoms with van der Waals surface area (Å²) in [5, 5.41) is 12.3. The zero-order valence-corrected chi connectivity index (χ0v) is 10.0. The average Bonchev–Trinajstić information content (AvgIpc) is 2.26. The van der Waals surface area contributed by atoms with Gasteiger partial charge in [0.05, 0.1) is 10.7 Å². The van der Waals surface area contributed by atoms with Gasteiger partial charge in [-0.15, -0.1) is 0 Å².